The van der Waals surface area contributed by atoms with Gasteiger partial charge in [-0.3, -0.25) is 10.00 Å². The number of aryl methyl sites for hydroxylation is 1. The molecular weight excluding hydrogens is 592 g/mol. The minimum absolute atomic E-state index is 0.0383. The maximum Gasteiger partial charge on any atom is 0.224 e. The lowest BCUT2D eigenvalue weighted by atomic mass is 9.78. The molecule has 7 rings (SSSR count). The summed E-state index contributed by atoms with van der Waals surface area (Å²) in [5.74, 6) is 2.01. The molecule has 1 aromatic carbocycles. The lowest BCUT2D eigenvalue weighted by Crippen LogP contribution is -2.63. The fourth-order valence-electron chi connectivity index (χ4n) is 7.24. The molecule has 1 atom stereocenters. The molecule has 3 aliphatic rings. The van der Waals surface area contributed by atoms with Gasteiger partial charge in [-0.25, -0.2) is 9.97 Å². The van der Waals surface area contributed by atoms with Crippen LogP contribution in [0.2, 0.25) is 0 Å². The molecule has 1 saturated carbocycles. The Labute approximate surface area is 275 Å². The van der Waals surface area contributed by atoms with E-state index in [1.54, 1.807) is 10.9 Å². The third-order valence-corrected chi connectivity index (χ3v) is 10.0. The quantitative estimate of drug-likeness (QED) is 0.216. The average molecular weight is 635 g/mol. The highest BCUT2D eigenvalue weighted by Gasteiger charge is 2.47. The zero-order valence-corrected chi connectivity index (χ0v) is 26.8. The van der Waals surface area contributed by atoms with Crippen LogP contribution in [0.1, 0.15) is 56.1 Å². The molecule has 1 spiro atoms. The fourth-order valence-corrected chi connectivity index (χ4v) is 7.24. The van der Waals surface area contributed by atoms with Gasteiger partial charge in [0.05, 0.1) is 12.4 Å². The van der Waals surface area contributed by atoms with Crippen LogP contribution in [0.5, 0.6) is 0 Å². The van der Waals surface area contributed by atoms with Gasteiger partial charge in [-0.05, 0) is 62.6 Å². The normalized spacial score (nSPS) is 21.1. The summed E-state index contributed by atoms with van der Waals surface area (Å²) in [6.45, 7) is 2.92. The second-order valence-corrected chi connectivity index (χ2v) is 12.9. The van der Waals surface area contributed by atoms with Gasteiger partial charge in [-0.2, -0.15) is 15.3 Å². The van der Waals surface area contributed by atoms with Gasteiger partial charge in [0.15, 0.2) is 12.2 Å². The molecule has 3 aromatic heterocycles. The molecule has 12 nitrogen and oxygen atoms in total. The summed E-state index contributed by atoms with van der Waals surface area (Å²) in [7, 11) is 1.90. The molecule has 4 aromatic rings. The van der Waals surface area contributed by atoms with Crippen LogP contribution in [-0.4, -0.2) is 73.6 Å². The second kappa shape index (κ2) is 13.7. The van der Waals surface area contributed by atoms with Gasteiger partial charge >= 0.3 is 0 Å². The van der Waals surface area contributed by atoms with Gasteiger partial charge in [0, 0.05) is 74.5 Å². The van der Waals surface area contributed by atoms with Crippen LogP contribution in [0.4, 0.5) is 17.6 Å². The van der Waals surface area contributed by atoms with E-state index in [4.69, 9.17) is 14.7 Å². The molecule has 0 radical (unpaired) electrons. The number of nitrogens with zero attached hydrogens (tertiary/aromatic N) is 8. The van der Waals surface area contributed by atoms with Crippen molar-refractivity contribution in [1.82, 2.24) is 30.0 Å². The van der Waals surface area contributed by atoms with E-state index in [1.807, 2.05) is 73.0 Å². The lowest BCUT2D eigenvalue weighted by Gasteiger charge is -2.55. The summed E-state index contributed by atoms with van der Waals surface area (Å²) in [5, 5.41) is 32.5. The Morgan fingerprint density at radius 2 is 1.83 bits per heavy atom. The number of rotatable bonds is 10. The van der Waals surface area contributed by atoms with E-state index in [2.05, 4.69) is 31.7 Å². The summed E-state index contributed by atoms with van der Waals surface area (Å²) in [4.78, 5) is 18.5. The van der Waals surface area contributed by atoms with Crippen molar-refractivity contribution in [3.8, 4) is 17.2 Å². The van der Waals surface area contributed by atoms with Gasteiger partial charge in [0.25, 0.3) is 0 Å². The Bertz CT molecular complexity index is 1670. The molecule has 2 saturated heterocycles. The number of aliphatic hydroxyl groups is 1. The largest absolute Gasteiger partial charge is 0.381 e. The van der Waals surface area contributed by atoms with Crippen LogP contribution in [0.25, 0.3) is 11.1 Å². The molecule has 1 aliphatic carbocycles. The van der Waals surface area contributed by atoms with Crippen molar-refractivity contribution < 1.29 is 9.84 Å². The monoisotopic (exact) mass is 634 g/mol. The Morgan fingerprint density at radius 3 is 2.49 bits per heavy atom. The van der Waals surface area contributed by atoms with Crippen molar-refractivity contribution in [1.29, 1.82) is 5.26 Å². The predicted molar refractivity (Wildman–Crippen MR) is 179 cm³/mol. The van der Waals surface area contributed by atoms with Gasteiger partial charge in [0.2, 0.25) is 5.95 Å². The zero-order chi connectivity index (χ0) is 32.2. The van der Waals surface area contributed by atoms with Gasteiger partial charge in [-0.15, -0.1) is 0 Å². The van der Waals surface area contributed by atoms with Crippen LogP contribution in [0.15, 0.2) is 67.3 Å². The van der Waals surface area contributed by atoms with Crippen LogP contribution >= 0.6 is 0 Å². The Kier molecular flexibility index (Phi) is 9.02. The summed E-state index contributed by atoms with van der Waals surface area (Å²) in [6.07, 6.45) is 12.8. The Morgan fingerprint density at radius 1 is 1.02 bits per heavy atom. The highest BCUT2D eigenvalue weighted by atomic mass is 16.5. The van der Waals surface area contributed by atoms with Gasteiger partial charge in [-0.1, -0.05) is 30.3 Å². The molecule has 3 N–H and O–H groups in total. The number of ether oxygens (including phenoxy) is 1. The number of pyridine rings is 1. The van der Waals surface area contributed by atoms with Crippen molar-refractivity contribution in [2.45, 2.75) is 75.5 Å². The topological polar surface area (TPSA) is 140 Å². The van der Waals surface area contributed by atoms with Crippen LogP contribution in [0.3, 0.4) is 0 Å². The summed E-state index contributed by atoms with van der Waals surface area (Å²) in [6, 6.07) is 16.7. The van der Waals surface area contributed by atoms with Crippen molar-refractivity contribution in [2.24, 2.45) is 7.05 Å². The van der Waals surface area contributed by atoms with Crippen LogP contribution in [0, 0.1) is 11.3 Å². The molecule has 0 amide bonds. The van der Waals surface area contributed by atoms with E-state index in [9.17, 15) is 10.4 Å². The van der Waals surface area contributed by atoms with E-state index in [-0.39, 0.29) is 17.6 Å². The van der Waals surface area contributed by atoms with Crippen molar-refractivity contribution >= 4 is 17.6 Å². The maximum absolute atomic E-state index is 11.5. The first-order valence-electron chi connectivity index (χ1n) is 16.6. The number of benzene rings is 1. The second-order valence-electron chi connectivity index (χ2n) is 12.9. The summed E-state index contributed by atoms with van der Waals surface area (Å²) < 4.78 is 7.40. The summed E-state index contributed by atoms with van der Waals surface area (Å²) in [5.41, 5.74) is 3.62. The van der Waals surface area contributed by atoms with Gasteiger partial charge in [0.1, 0.15) is 17.5 Å². The van der Waals surface area contributed by atoms with Gasteiger partial charge < -0.3 is 25.0 Å². The molecule has 12 heteroatoms. The van der Waals surface area contributed by atoms with E-state index < -0.39 is 6.35 Å². The zero-order valence-electron chi connectivity index (χ0n) is 26.8. The predicted octanol–water partition coefficient (Wildman–Crippen LogP) is 4.20. The first kappa shape index (κ1) is 31.1. The number of aliphatic hydroxyl groups excluding tert-OH is 1. The Balaban J connectivity index is 1.04. The molecular formula is C35H42N10O2. The number of hydrogen-bond donors (Lipinski definition) is 3. The average Bonchev–Trinajstić information content (AvgIpc) is 3.55. The van der Waals surface area contributed by atoms with Crippen molar-refractivity contribution in [3.05, 3.63) is 78.4 Å². The third kappa shape index (κ3) is 6.65. The van der Waals surface area contributed by atoms with Crippen molar-refractivity contribution in [3.63, 3.8) is 0 Å². The van der Waals surface area contributed by atoms with Crippen LogP contribution in [-0.2, 0) is 18.3 Å². The van der Waals surface area contributed by atoms with E-state index in [0.29, 0.717) is 18.1 Å². The number of aromatic nitrogens is 5. The van der Waals surface area contributed by atoms with Crippen LogP contribution < -0.4 is 20.4 Å². The molecule has 244 valence electrons. The molecule has 47 heavy (non-hydrogen) atoms. The van der Waals surface area contributed by atoms with E-state index in [1.165, 1.54) is 0 Å². The lowest BCUT2D eigenvalue weighted by molar-refractivity contribution is 0.0284. The molecule has 3 fully saturated rings. The summed E-state index contributed by atoms with van der Waals surface area (Å²) >= 11 is 0. The highest BCUT2D eigenvalue weighted by Crippen LogP contribution is 2.43. The van der Waals surface area contributed by atoms with E-state index in [0.717, 1.165) is 93.0 Å². The number of nitriles is 1. The minimum atomic E-state index is -0.917. The minimum Gasteiger partial charge on any atom is -0.381 e. The smallest absolute Gasteiger partial charge is 0.224 e. The highest BCUT2D eigenvalue weighted by molar-refractivity contribution is 5.62. The standard InChI is InChI=1S/C35H42N10O2/c1-43-24-28(23-40-43)26-7-12-31(37-21-26)45(34(46)39-20-25-5-3-2-4-6-25)30-10-8-29(9-11-30)41-33-38-22-27(19-36)32(42-33)44-16-13-35(44)14-17-47-18-15-35/h2-7,12,21-24,29-30,34,39,46H,8-11,13-18,20H2,1H3,(H,38,41,42)/t29-,30-,34?. The maximum atomic E-state index is 11.5. The number of hydrogen-bond acceptors (Lipinski definition) is 11. The van der Waals surface area contributed by atoms with E-state index >= 15 is 0 Å². The molecule has 5 heterocycles. The Hall–Kier alpha value is -4.57. The number of nitrogens with one attached hydrogen (secondary N) is 2. The third-order valence-electron chi connectivity index (χ3n) is 10.0. The van der Waals surface area contributed by atoms with Crippen molar-refractivity contribution in [2.75, 3.05) is 34.9 Å². The molecule has 0 bridgehead atoms. The first-order chi connectivity index (χ1) is 23.0. The SMILES string of the molecule is Cn1cc(-c2ccc(N(C(O)NCc3ccccc3)[C@H]3CC[C@H](Nc4ncc(C#N)c(N5CCC56CCOCC6)n4)CC3)nc2)cn1. The molecule has 1 unspecified atom stereocenters. The molecule has 2 aliphatic heterocycles. The fraction of sp³-hybridized carbons (Fsp3) is 0.457. The first-order valence-corrected chi connectivity index (χ1v) is 16.6. The number of anilines is 3.